The first kappa shape index (κ1) is 30.7. The fourth-order valence-electron chi connectivity index (χ4n) is 4.07. The molecule has 0 aliphatic carbocycles. The third-order valence-corrected chi connectivity index (χ3v) is 8.41. The van der Waals surface area contributed by atoms with Gasteiger partial charge in [-0.25, -0.2) is 0 Å². The summed E-state index contributed by atoms with van der Waals surface area (Å²) in [5.74, 6) is -1.19. The molecular weight excluding hydrogens is 614 g/mol. The number of amides is 3. The molecule has 1 aromatic heterocycles. The van der Waals surface area contributed by atoms with Crippen LogP contribution in [-0.4, -0.2) is 27.9 Å². The number of rotatable bonds is 10. The molecule has 3 N–H and O–H groups in total. The molecule has 0 radical (unpaired) electrons. The van der Waals surface area contributed by atoms with Gasteiger partial charge < -0.3 is 10.6 Å². The van der Waals surface area contributed by atoms with Crippen LogP contribution >= 0.6 is 34.7 Å². The number of hydrogen-bond acceptors (Lipinski definition) is 7. The molecule has 0 bridgehead atoms. The second-order valence-electron chi connectivity index (χ2n) is 9.44. The van der Waals surface area contributed by atoms with Crippen molar-refractivity contribution in [2.75, 3.05) is 10.6 Å². The van der Waals surface area contributed by atoms with Crippen LogP contribution in [0.5, 0.6) is 0 Å². The van der Waals surface area contributed by atoms with E-state index in [0.717, 1.165) is 15.5 Å². The molecule has 3 amide bonds. The predicted molar refractivity (Wildman–Crippen MR) is 177 cm³/mol. The van der Waals surface area contributed by atoms with Gasteiger partial charge in [-0.15, -0.1) is 22.0 Å². The molecule has 4 aromatic carbocycles. The minimum atomic E-state index is -0.600. The number of anilines is 2. The average Bonchev–Trinajstić information content (AvgIpc) is 3.45. The Hall–Kier alpha value is -4.77. The van der Waals surface area contributed by atoms with E-state index in [2.05, 4.69) is 26.1 Å². The highest BCUT2D eigenvalue weighted by Gasteiger charge is 2.24. The summed E-state index contributed by atoms with van der Waals surface area (Å²) in [7, 11) is 0. The van der Waals surface area contributed by atoms with Crippen molar-refractivity contribution in [1.82, 2.24) is 15.5 Å². The minimum absolute atomic E-state index is 0.0492. The van der Waals surface area contributed by atoms with Crippen LogP contribution in [0.4, 0.5) is 10.8 Å². The van der Waals surface area contributed by atoms with E-state index in [9.17, 15) is 14.4 Å². The summed E-state index contributed by atoms with van der Waals surface area (Å²) >= 11 is 8.66. The maximum absolute atomic E-state index is 13.5. The van der Waals surface area contributed by atoms with Crippen molar-refractivity contribution in [3.63, 3.8) is 0 Å². The summed E-state index contributed by atoms with van der Waals surface area (Å²) in [6.07, 6.45) is 1.58. The van der Waals surface area contributed by atoms with Crippen LogP contribution in [0.3, 0.4) is 0 Å². The fraction of sp³-hybridized carbons (Fsp3) is 0.0606. The number of nitrogens with one attached hydrogen (secondary N) is 3. The van der Waals surface area contributed by atoms with Crippen molar-refractivity contribution in [3.8, 4) is 0 Å². The first-order chi connectivity index (χ1) is 21.3. The third kappa shape index (κ3) is 8.41. The van der Waals surface area contributed by atoms with Crippen LogP contribution in [0, 0.1) is 6.92 Å². The molecule has 5 rings (SSSR count). The summed E-state index contributed by atoms with van der Waals surface area (Å²) in [5, 5.41) is 17.6. The number of nitrogens with zero attached hydrogens (tertiary/aromatic N) is 2. The molecule has 1 heterocycles. The van der Waals surface area contributed by atoms with Crippen molar-refractivity contribution in [2.24, 2.45) is 0 Å². The zero-order chi connectivity index (χ0) is 30.9. The van der Waals surface area contributed by atoms with Gasteiger partial charge in [0, 0.05) is 21.2 Å². The minimum Gasteiger partial charge on any atom is -0.321 e. The second-order valence-corrected chi connectivity index (χ2v) is 12.2. The summed E-state index contributed by atoms with van der Waals surface area (Å²) < 4.78 is 0. The Morgan fingerprint density at radius 1 is 0.841 bits per heavy atom. The Kier molecular flexibility index (Phi) is 10.2. The Labute approximate surface area is 267 Å². The number of carbonyl (C=O) groups is 3. The van der Waals surface area contributed by atoms with Gasteiger partial charge in [-0.1, -0.05) is 89.7 Å². The highest BCUT2D eigenvalue weighted by atomic mass is 35.5. The average molecular weight is 640 g/mol. The monoisotopic (exact) mass is 639 g/mol. The zero-order valence-electron chi connectivity index (χ0n) is 23.4. The summed E-state index contributed by atoms with van der Waals surface area (Å²) in [5.41, 5.74) is 2.44. The van der Waals surface area contributed by atoms with Crippen molar-refractivity contribution in [2.45, 2.75) is 17.1 Å². The van der Waals surface area contributed by atoms with E-state index in [1.165, 1.54) is 23.1 Å². The van der Waals surface area contributed by atoms with Crippen molar-refractivity contribution < 1.29 is 14.4 Å². The van der Waals surface area contributed by atoms with E-state index in [4.69, 9.17) is 11.6 Å². The van der Waals surface area contributed by atoms with Gasteiger partial charge in [-0.3, -0.25) is 19.7 Å². The van der Waals surface area contributed by atoms with Crippen molar-refractivity contribution >= 4 is 69.3 Å². The molecule has 44 heavy (non-hydrogen) atoms. The lowest BCUT2D eigenvalue weighted by Crippen LogP contribution is -2.30. The Balaban J connectivity index is 1.37. The molecule has 0 saturated carbocycles. The van der Waals surface area contributed by atoms with E-state index in [-0.39, 0.29) is 11.6 Å². The molecule has 5 aromatic rings. The van der Waals surface area contributed by atoms with Crippen LogP contribution in [0.1, 0.15) is 31.7 Å². The van der Waals surface area contributed by atoms with Crippen LogP contribution in [-0.2, 0) is 9.59 Å². The largest absolute Gasteiger partial charge is 0.321 e. The number of halogens is 1. The molecule has 0 fully saturated rings. The maximum atomic E-state index is 13.5. The summed E-state index contributed by atoms with van der Waals surface area (Å²) in [4.78, 5) is 40.6. The van der Waals surface area contributed by atoms with E-state index in [0.29, 0.717) is 27.0 Å². The van der Waals surface area contributed by atoms with Crippen LogP contribution in [0.15, 0.2) is 120 Å². The number of benzene rings is 4. The molecule has 0 saturated heterocycles. The van der Waals surface area contributed by atoms with Gasteiger partial charge >= 0.3 is 0 Å². The lowest BCUT2D eigenvalue weighted by atomic mass is 10.1. The zero-order valence-corrected chi connectivity index (χ0v) is 25.7. The lowest BCUT2D eigenvalue weighted by molar-refractivity contribution is -0.116. The number of hydrogen-bond donors (Lipinski definition) is 3. The van der Waals surface area contributed by atoms with E-state index in [1.807, 2.05) is 49.4 Å². The number of carbonyl (C=O) groups excluding carboxylic acids is 3. The fourth-order valence-corrected chi connectivity index (χ4v) is 5.87. The quantitative estimate of drug-likeness (QED) is 0.109. The molecule has 0 spiro atoms. The smallest absolute Gasteiger partial charge is 0.272 e. The molecule has 11 heteroatoms. The molecule has 0 aliphatic heterocycles. The lowest BCUT2D eigenvalue weighted by Gasteiger charge is -2.17. The van der Waals surface area contributed by atoms with Gasteiger partial charge in [0.05, 0.1) is 0 Å². The maximum Gasteiger partial charge on any atom is 0.272 e. The second kappa shape index (κ2) is 14.6. The molecule has 1 atom stereocenters. The topological polar surface area (TPSA) is 113 Å². The summed E-state index contributed by atoms with van der Waals surface area (Å²) in [6.45, 7) is 1.82. The highest BCUT2D eigenvalue weighted by molar-refractivity contribution is 8.00. The third-order valence-electron chi connectivity index (χ3n) is 6.15. The van der Waals surface area contributed by atoms with Gasteiger partial charge in [-0.05, 0) is 66.6 Å². The molecule has 1 unspecified atom stereocenters. The first-order valence-corrected chi connectivity index (χ1v) is 15.5. The SMILES string of the molecule is Cc1nnc(NC(=O)C(Sc2cccc(NC(=O)/C(=C/c3ccc(Cl)cc3)NC(=O)c3ccccc3)c2)c2ccccc2)s1. The van der Waals surface area contributed by atoms with Gasteiger partial charge in [0.15, 0.2) is 0 Å². The van der Waals surface area contributed by atoms with Gasteiger partial charge in [0.1, 0.15) is 16.0 Å². The molecule has 0 aliphatic rings. The van der Waals surface area contributed by atoms with Gasteiger partial charge in [0.2, 0.25) is 11.0 Å². The molecule has 8 nitrogen and oxygen atoms in total. The standard InChI is InChI=1S/C33H26ClN5O3S2/c1-21-38-39-33(43-21)37-32(42)29(23-9-4-2-5-10-23)44-27-14-8-13-26(20-27)35-31(41)28(19-22-15-17-25(34)18-16-22)36-30(40)24-11-6-3-7-12-24/h2-20,29H,1H3,(H,35,41)(H,36,40)(H,37,39,42)/b28-19-. The predicted octanol–water partition coefficient (Wildman–Crippen LogP) is 7.38. The Morgan fingerprint density at radius 3 is 2.23 bits per heavy atom. The Morgan fingerprint density at radius 2 is 1.55 bits per heavy atom. The molecule has 220 valence electrons. The highest BCUT2D eigenvalue weighted by Crippen LogP contribution is 2.37. The van der Waals surface area contributed by atoms with Crippen molar-refractivity contribution in [1.29, 1.82) is 0 Å². The van der Waals surface area contributed by atoms with Gasteiger partial charge in [-0.2, -0.15) is 0 Å². The number of aromatic nitrogens is 2. The van der Waals surface area contributed by atoms with Gasteiger partial charge in [0.25, 0.3) is 11.8 Å². The van der Waals surface area contributed by atoms with Crippen LogP contribution in [0.2, 0.25) is 5.02 Å². The molecular formula is C33H26ClN5O3S2. The van der Waals surface area contributed by atoms with Crippen LogP contribution < -0.4 is 16.0 Å². The van der Waals surface area contributed by atoms with E-state index < -0.39 is 17.1 Å². The van der Waals surface area contributed by atoms with Crippen molar-refractivity contribution in [3.05, 3.63) is 142 Å². The van der Waals surface area contributed by atoms with E-state index in [1.54, 1.807) is 72.8 Å². The number of thioether (sulfide) groups is 1. The summed E-state index contributed by atoms with van der Waals surface area (Å²) in [6, 6.07) is 32.1. The van der Waals surface area contributed by atoms with E-state index >= 15 is 0 Å². The number of aryl methyl sites for hydroxylation is 1. The normalized spacial score (nSPS) is 11.8. The first-order valence-electron chi connectivity index (χ1n) is 13.4. The van der Waals surface area contributed by atoms with Crippen LogP contribution in [0.25, 0.3) is 6.08 Å². The Bertz CT molecular complexity index is 1800.